The number of halogens is 3. The van der Waals surface area contributed by atoms with Crippen LogP contribution in [-0.4, -0.2) is 15.1 Å². The molecule has 4 nitrogen and oxygen atoms in total. The molecule has 0 aliphatic carbocycles. The summed E-state index contributed by atoms with van der Waals surface area (Å²) >= 11 is 1.24. The smallest absolute Gasteiger partial charge is 0.338 e. The van der Waals surface area contributed by atoms with Crippen molar-refractivity contribution in [2.24, 2.45) is 0 Å². The van der Waals surface area contributed by atoms with Crippen LogP contribution in [0.25, 0.3) is 0 Å². The third-order valence-corrected chi connectivity index (χ3v) is 3.16. The molecule has 102 valence electrons. The van der Waals surface area contributed by atoms with Gasteiger partial charge in [0.1, 0.15) is 0 Å². The van der Waals surface area contributed by atoms with E-state index in [0.29, 0.717) is 28.9 Å². The van der Waals surface area contributed by atoms with E-state index in [1.165, 1.54) is 17.8 Å². The molecular weight excluding hydrogens is 279 g/mol. The highest BCUT2D eigenvalue weighted by Crippen LogP contribution is 2.30. The van der Waals surface area contributed by atoms with Crippen LogP contribution >= 0.6 is 11.8 Å². The van der Waals surface area contributed by atoms with Crippen LogP contribution < -0.4 is 0 Å². The lowest BCUT2D eigenvalue weighted by atomic mass is 10.3. The molecule has 0 saturated heterocycles. The normalized spacial score (nSPS) is 11.8. The summed E-state index contributed by atoms with van der Waals surface area (Å²) < 4.78 is 42.0. The minimum absolute atomic E-state index is 0.380. The molecule has 0 aliphatic heterocycles. The number of aromatic nitrogens is 3. The second kappa shape index (κ2) is 5.60. The second-order valence-corrected chi connectivity index (χ2v) is 4.63. The maximum atomic E-state index is 12.3. The first-order valence-electron chi connectivity index (χ1n) is 5.46. The first-order valence-corrected chi connectivity index (χ1v) is 6.45. The number of pyridine rings is 1. The number of hydrogen-bond acceptors (Lipinski definition) is 5. The molecule has 0 atom stereocenters. The fraction of sp³-hybridized carbons (Fsp3) is 0.364. The quantitative estimate of drug-likeness (QED) is 0.808. The van der Waals surface area contributed by atoms with Crippen LogP contribution in [0.1, 0.15) is 24.2 Å². The Kier molecular flexibility index (Phi) is 4.08. The van der Waals surface area contributed by atoms with Crippen molar-refractivity contribution in [2.75, 3.05) is 0 Å². The molecule has 0 aliphatic rings. The van der Waals surface area contributed by atoms with E-state index in [4.69, 9.17) is 4.52 Å². The van der Waals surface area contributed by atoms with Crippen molar-refractivity contribution in [2.45, 2.75) is 30.3 Å². The van der Waals surface area contributed by atoms with Gasteiger partial charge in [0.15, 0.2) is 5.82 Å². The molecule has 2 aromatic heterocycles. The lowest BCUT2D eigenvalue weighted by Crippen LogP contribution is -2.05. The summed E-state index contributed by atoms with van der Waals surface area (Å²) in [7, 11) is 0. The summed E-state index contributed by atoms with van der Waals surface area (Å²) in [6, 6.07) is 2.32. The number of nitrogens with zero attached hydrogens (tertiary/aromatic N) is 3. The molecule has 0 bridgehead atoms. The summed E-state index contributed by atoms with van der Waals surface area (Å²) in [6.07, 6.45) is -2.88. The Hall–Kier alpha value is -1.57. The number of hydrogen-bond donors (Lipinski definition) is 0. The average molecular weight is 289 g/mol. The maximum absolute atomic E-state index is 12.3. The number of rotatable bonds is 4. The Morgan fingerprint density at radius 3 is 2.63 bits per heavy atom. The summed E-state index contributed by atoms with van der Waals surface area (Å²) in [4.78, 5) is 7.83. The van der Waals surface area contributed by atoms with Crippen molar-refractivity contribution in [3.05, 3.63) is 35.6 Å². The molecule has 0 amide bonds. The van der Waals surface area contributed by atoms with E-state index in [0.717, 1.165) is 12.3 Å². The Labute approximate surface area is 111 Å². The molecule has 2 heterocycles. The third-order valence-electron chi connectivity index (χ3n) is 2.23. The highest BCUT2D eigenvalue weighted by atomic mass is 32.2. The van der Waals surface area contributed by atoms with E-state index < -0.39 is 11.7 Å². The van der Waals surface area contributed by atoms with Crippen LogP contribution in [-0.2, 0) is 18.3 Å². The summed E-state index contributed by atoms with van der Waals surface area (Å²) in [5.41, 5.74) is -0.761. The van der Waals surface area contributed by atoms with Crippen molar-refractivity contribution >= 4 is 11.8 Å². The summed E-state index contributed by atoms with van der Waals surface area (Å²) in [6.45, 7) is 1.90. The largest absolute Gasteiger partial charge is 0.417 e. The van der Waals surface area contributed by atoms with E-state index in [-0.39, 0.29) is 0 Å². The molecule has 0 unspecified atom stereocenters. The molecule has 19 heavy (non-hydrogen) atoms. The predicted octanol–water partition coefficient (Wildman–Crippen LogP) is 3.34. The zero-order valence-corrected chi connectivity index (χ0v) is 10.8. The molecular formula is C11H10F3N3OS. The van der Waals surface area contributed by atoms with Gasteiger partial charge in [-0.3, -0.25) is 0 Å². The lowest BCUT2D eigenvalue weighted by Gasteiger charge is -2.05. The lowest BCUT2D eigenvalue weighted by molar-refractivity contribution is -0.137. The minimum atomic E-state index is -4.36. The SMILES string of the molecule is CCc1noc(CSc2ccc(C(F)(F)F)cn2)n1. The average Bonchev–Trinajstić information content (AvgIpc) is 2.84. The molecule has 0 saturated carbocycles. The van der Waals surface area contributed by atoms with E-state index in [1.54, 1.807) is 0 Å². The minimum Gasteiger partial charge on any atom is -0.338 e. The third kappa shape index (κ3) is 3.69. The first kappa shape index (κ1) is 13.9. The van der Waals surface area contributed by atoms with E-state index in [9.17, 15) is 13.2 Å². The summed E-state index contributed by atoms with van der Waals surface area (Å²) in [5, 5.41) is 4.20. The zero-order valence-electron chi connectivity index (χ0n) is 9.94. The zero-order chi connectivity index (χ0) is 13.9. The van der Waals surface area contributed by atoms with E-state index in [1.807, 2.05) is 6.92 Å². The van der Waals surface area contributed by atoms with Gasteiger partial charge in [-0.2, -0.15) is 18.2 Å². The summed E-state index contributed by atoms with van der Waals surface area (Å²) in [5.74, 6) is 1.42. The van der Waals surface area contributed by atoms with Gasteiger partial charge < -0.3 is 4.52 Å². The molecule has 0 spiro atoms. The van der Waals surface area contributed by atoms with Gasteiger partial charge >= 0.3 is 6.18 Å². The van der Waals surface area contributed by atoms with Crippen LogP contribution in [0.15, 0.2) is 27.9 Å². The van der Waals surface area contributed by atoms with Crippen molar-refractivity contribution in [1.29, 1.82) is 0 Å². The van der Waals surface area contributed by atoms with Crippen molar-refractivity contribution < 1.29 is 17.7 Å². The Bertz CT molecular complexity index is 539. The highest BCUT2D eigenvalue weighted by Gasteiger charge is 2.30. The first-order chi connectivity index (χ1) is 8.99. The Morgan fingerprint density at radius 2 is 2.11 bits per heavy atom. The van der Waals surface area contributed by atoms with Gasteiger partial charge in [-0.05, 0) is 12.1 Å². The van der Waals surface area contributed by atoms with Gasteiger partial charge in [-0.1, -0.05) is 23.8 Å². The maximum Gasteiger partial charge on any atom is 0.417 e. The van der Waals surface area contributed by atoms with Gasteiger partial charge in [-0.15, -0.1) is 0 Å². The van der Waals surface area contributed by atoms with E-state index >= 15 is 0 Å². The second-order valence-electron chi connectivity index (χ2n) is 3.63. The van der Waals surface area contributed by atoms with Crippen LogP contribution in [0.3, 0.4) is 0 Å². The Morgan fingerprint density at radius 1 is 1.32 bits per heavy atom. The monoisotopic (exact) mass is 289 g/mol. The number of aryl methyl sites for hydroxylation is 1. The molecule has 0 fully saturated rings. The Balaban J connectivity index is 1.96. The molecule has 0 aromatic carbocycles. The van der Waals surface area contributed by atoms with Crippen molar-refractivity contribution in [1.82, 2.24) is 15.1 Å². The van der Waals surface area contributed by atoms with Gasteiger partial charge in [0.25, 0.3) is 0 Å². The molecule has 2 rings (SSSR count). The van der Waals surface area contributed by atoms with Crippen molar-refractivity contribution in [3.63, 3.8) is 0 Å². The van der Waals surface area contributed by atoms with Crippen LogP contribution in [0.2, 0.25) is 0 Å². The molecule has 2 aromatic rings. The topological polar surface area (TPSA) is 51.8 Å². The fourth-order valence-electron chi connectivity index (χ4n) is 1.26. The van der Waals surface area contributed by atoms with Gasteiger partial charge in [0.05, 0.1) is 16.3 Å². The number of thioether (sulfide) groups is 1. The number of alkyl halides is 3. The van der Waals surface area contributed by atoms with E-state index in [2.05, 4.69) is 15.1 Å². The van der Waals surface area contributed by atoms with Gasteiger partial charge in [0.2, 0.25) is 5.89 Å². The van der Waals surface area contributed by atoms with Crippen LogP contribution in [0.5, 0.6) is 0 Å². The highest BCUT2D eigenvalue weighted by molar-refractivity contribution is 7.98. The van der Waals surface area contributed by atoms with Crippen LogP contribution in [0.4, 0.5) is 13.2 Å². The molecule has 0 N–H and O–H groups in total. The predicted molar refractivity (Wildman–Crippen MR) is 62.5 cm³/mol. The molecule has 8 heteroatoms. The van der Waals surface area contributed by atoms with Gasteiger partial charge in [-0.25, -0.2) is 4.98 Å². The fourth-order valence-corrected chi connectivity index (χ4v) is 1.94. The standard InChI is InChI=1S/C11H10F3N3OS/c1-2-8-16-9(18-17-8)6-19-10-4-3-7(5-15-10)11(12,13)14/h3-5H,2,6H2,1H3. The van der Waals surface area contributed by atoms with Crippen molar-refractivity contribution in [3.8, 4) is 0 Å². The molecule has 0 radical (unpaired) electrons. The van der Waals surface area contributed by atoms with Gasteiger partial charge in [0, 0.05) is 12.6 Å². The van der Waals surface area contributed by atoms with Crippen LogP contribution in [0, 0.1) is 0 Å².